The monoisotopic (exact) mass is 260 g/mol. The van der Waals surface area contributed by atoms with Crippen molar-refractivity contribution in [2.75, 3.05) is 0 Å². The second-order valence-electron chi connectivity index (χ2n) is 5.05. The number of unbranched alkanes of at least 4 members (excludes halogenated alkanes) is 1. The lowest BCUT2D eigenvalue weighted by atomic mass is 10.1. The molecule has 6 nitrogen and oxygen atoms in total. The summed E-state index contributed by atoms with van der Waals surface area (Å²) in [6, 6.07) is 0. The lowest BCUT2D eigenvalue weighted by Gasteiger charge is -2.24. The SMILES string of the molecule is CCCCc1nnc(S(N)(=O)=O)n1C(C)(C)C. The van der Waals surface area contributed by atoms with Crippen molar-refractivity contribution in [2.45, 2.75) is 57.7 Å². The Morgan fingerprint density at radius 1 is 1.29 bits per heavy atom. The van der Waals surface area contributed by atoms with Crippen LogP contribution in [-0.2, 0) is 22.0 Å². The molecule has 0 spiro atoms. The van der Waals surface area contributed by atoms with E-state index in [9.17, 15) is 8.42 Å². The minimum Gasteiger partial charge on any atom is -0.295 e. The molecule has 0 aromatic carbocycles. The third-order valence-corrected chi connectivity index (χ3v) is 3.15. The van der Waals surface area contributed by atoms with E-state index >= 15 is 0 Å². The molecule has 1 aromatic rings. The number of nitrogens with zero attached hydrogens (tertiary/aromatic N) is 3. The van der Waals surface area contributed by atoms with Crippen molar-refractivity contribution in [3.63, 3.8) is 0 Å². The Balaban J connectivity index is 3.31. The van der Waals surface area contributed by atoms with Crippen LogP contribution in [0.1, 0.15) is 46.4 Å². The molecule has 0 fully saturated rings. The Bertz CT molecular complexity index is 485. The zero-order valence-electron chi connectivity index (χ0n) is 10.8. The van der Waals surface area contributed by atoms with Gasteiger partial charge >= 0.3 is 0 Å². The van der Waals surface area contributed by atoms with Crippen LogP contribution in [0.15, 0.2) is 5.16 Å². The van der Waals surface area contributed by atoms with Gasteiger partial charge in [0.05, 0.1) is 0 Å². The first-order valence-corrected chi connectivity index (χ1v) is 7.20. The minimum atomic E-state index is -3.83. The molecule has 0 aliphatic rings. The van der Waals surface area contributed by atoms with Crippen LogP contribution < -0.4 is 5.14 Å². The fraction of sp³-hybridized carbons (Fsp3) is 0.800. The second-order valence-corrected chi connectivity index (χ2v) is 6.51. The Morgan fingerprint density at radius 3 is 2.29 bits per heavy atom. The van der Waals surface area contributed by atoms with Gasteiger partial charge in [0, 0.05) is 12.0 Å². The summed E-state index contributed by atoms with van der Waals surface area (Å²) in [5, 5.41) is 12.6. The highest BCUT2D eigenvalue weighted by molar-refractivity contribution is 7.89. The smallest absolute Gasteiger partial charge is 0.273 e. The molecule has 7 heteroatoms. The highest BCUT2D eigenvalue weighted by atomic mass is 32.2. The molecule has 0 aliphatic carbocycles. The summed E-state index contributed by atoms with van der Waals surface area (Å²) in [6.45, 7) is 7.78. The van der Waals surface area contributed by atoms with Gasteiger partial charge in [0.15, 0.2) is 0 Å². The van der Waals surface area contributed by atoms with Gasteiger partial charge in [-0.15, -0.1) is 10.2 Å². The number of aromatic nitrogens is 3. The van der Waals surface area contributed by atoms with Crippen LogP contribution in [0.2, 0.25) is 0 Å². The van der Waals surface area contributed by atoms with Crippen LogP contribution in [-0.4, -0.2) is 23.2 Å². The third-order valence-electron chi connectivity index (χ3n) is 2.38. The maximum atomic E-state index is 11.4. The largest absolute Gasteiger partial charge is 0.295 e. The van der Waals surface area contributed by atoms with Crippen molar-refractivity contribution in [3.05, 3.63) is 5.82 Å². The highest BCUT2D eigenvalue weighted by Crippen LogP contribution is 2.21. The van der Waals surface area contributed by atoms with Gasteiger partial charge < -0.3 is 0 Å². The quantitative estimate of drug-likeness (QED) is 0.875. The molecular weight excluding hydrogens is 240 g/mol. The van der Waals surface area contributed by atoms with Crippen LogP contribution in [0.5, 0.6) is 0 Å². The van der Waals surface area contributed by atoms with Crippen LogP contribution >= 0.6 is 0 Å². The topological polar surface area (TPSA) is 90.9 Å². The minimum absolute atomic E-state index is 0.156. The van der Waals surface area contributed by atoms with E-state index in [2.05, 4.69) is 17.1 Å². The van der Waals surface area contributed by atoms with E-state index in [1.165, 1.54) is 0 Å². The first-order valence-electron chi connectivity index (χ1n) is 5.65. The maximum Gasteiger partial charge on any atom is 0.273 e. The molecule has 0 aliphatic heterocycles. The fourth-order valence-corrected chi connectivity index (χ4v) is 2.44. The van der Waals surface area contributed by atoms with Gasteiger partial charge in [0.1, 0.15) is 5.82 Å². The first-order chi connectivity index (χ1) is 7.68. The lowest BCUT2D eigenvalue weighted by Crippen LogP contribution is -2.30. The van der Waals surface area contributed by atoms with E-state index in [1.807, 2.05) is 20.8 Å². The molecule has 0 saturated heterocycles. The predicted molar refractivity (Wildman–Crippen MR) is 65.0 cm³/mol. The average Bonchev–Trinajstić information content (AvgIpc) is 2.56. The number of hydrogen-bond acceptors (Lipinski definition) is 4. The van der Waals surface area contributed by atoms with Crippen molar-refractivity contribution < 1.29 is 8.42 Å². The van der Waals surface area contributed by atoms with E-state index in [0.717, 1.165) is 12.8 Å². The van der Waals surface area contributed by atoms with Gasteiger partial charge in [-0.2, -0.15) is 0 Å². The molecule has 98 valence electrons. The molecule has 1 rings (SSSR count). The van der Waals surface area contributed by atoms with Gasteiger partial charge in [0.2, 0.25) is 0 Å². The molecule has 0 saturated carbocycles. The normalized spacial score (nSPS) is 13.0. The zero-order chi connectivity index (χ0) is 13.3. The number of hydrogen-bond donors (Lipinski definition) is 1. The summed E-state index contributed by atoms with van der Waals surface area (Å²) >= 11 is 0. The second kappa shape index (κ2) is 4.73. The van der Waals surface area contributed by atoms with E-state index in [0.29, 0.717) is 12.2 Å². The number of sulfonamides is 1. The van der Waals surface area contributed by atoms with Gasteiger partial charge in [-0.1, -0.05) is 13.3 Å². The molecule has 0 amide bonds. The summed E-state index contributed by atoms with van der Waals surface area (Å²) in [5.74, 6) is 0.670. The van der Waals surface area contributed by atoms with Gasteiger partial charge in [-0.05, 0) is 27.2 Å². The van der Waals surface area contributed by atoms with Crippen molar-refractivity contribution >= 4 is 10.0 Å². The van der Waals surface area contributed by atoms with Crippen LogP contribution in [0.25, 0.3) is 0 Å². The molecule has 1 aromatic heterocycles. The van der Waals surface area contributed by atoms with E-state index in [-0.39, 0.29) is 5.16 Å². The molecule has 0 radical (unpaired) electrons. The van der Waals surface area contributed by atoms with E-state index in [4.69, 9.17) is 5.14 Å². The first kappa shape index (κ1) is 14.1. The summed E-state index contributed by atoms with van der Waals surface area (Å²) in [4.78, 5) is 0. The number of primary sulfonamides is 1. The Kier molecular flexibility index (Phi) is 3.93. The zero-order valence-corrected chi connectivity index (χ0v) is 11.6. The van der Waals surface area contributed by atoms with E-state index < -0.39 is 15.6 Å². The summed E-state index contributed by atoms with van der Waals surface area (Å²) in [5.41, 5.74) is -0.408. The number of nitrogens with two attached hydrogens (primary N) is 1. The van der Waals surface area contributed by atoms with Gasteiger partial charge in [0.25, 0.3) is 15.2 Å². The average molecular weight is 260 g/mol. The predicted octanol–water partition coefficient (Wildman–Crippen LogP) is 1.02. The lowest BCUT2D eigenvalue weighted by molar-refractivity contribution is 0.348. The summed E-state index contributed by atoms with van der Waals surface area (Å²) in [6.07, 6.45) is 2.66. The standard InChI is InChI=1S/C10H20N4O2S/c1-5-6-7-8-12-13-9(17(11,15)16)14(8)10(2,3)4/h5-7H2,1-4H3,(H2,11,15,16). The number of rotatable bonds is 4. The molecule has 2 N–H and O–H groups in total. The van der Waals surface area contributed by atoms with E-state index in [1.54, 1.807) is 4.57 Å². The van der Waals surface area contributed by atoms with Crippen molar-refractivity contribution in [1.82, 2.24) is 14.8 Å². The molecule has 0 atom stereocenters. The van der Waals surface area contributed by atoms with Crippen molar-refractivity contribution in [3.8, 4) is 0 Å². The van der Waals surface area contributed by atoms with Gasteiger partial charge in [-0.3, -0.25) is 4.57 Å². The van der Waals surface area contributed by atoms with Crippen molar-refractivity contribution in [1.29, 1.82) is 0 Å². The Labute approximate surface area is 102 Å². The molecular formula is C10H20N4O2S. The van der Waals surface area contributed by atoms with Crippen LogP contribution in [0.3, 0.4) is 0 Å². The maximum absolute atomic E-state index is 11.4. The molecule has 0 unspecified atom stereocenters. The fourth-order valence-electron chi connectivity index (χ4n) is 1.66. The van der Waals surface area contributed by atoms with Crippen LogP contribution in [0.4, 0.5) is 0 Å². The molecule has 17 heavy (non-hydrogen) atoms. The molecule has 1 heterocycles. The van der Waals surface area contributed by atoms with Crippen LogP contribution in [0, 0.1) is 0 Å². The number of aryl methyl sites for hydroxylation is 1. The van der Waals surface area contributed by atoms with Crippen molar-refractivity contribution in [2.24, 2.45) is 5.14 Å². The summed E-state index contributed by atoms with van der Waals surface area (Å²) < 4.78 is 24.5. The highest BCUT2D eigenvalue weighted by Gasteiger charge is 2.28. The Hall–Kier alpha value is -0.950. The summed E-state index contributed by atoms with van der Waals surface area (Å²) in [7, 11) is -3.83. The van der Waals surface area contributed by atoms with Gasteiger partial charge in [-0.25, -0.2) is 13.6 Å². The third kappa shape index (κ3) is 3.26. The Morgan fingerprint density at radius 2 is 1.88 bits per heavy atom. The molecule has 0 bridgehead atoms.